The molecule has 7 nitrogen and oxygen atoms in total. The van der Waals surface area contributed by atoms with Crippen molar-refractivity contribution in [2.24, 2.45) is 7.05 Å². The highest BCUT2D eigenvalue weighted by molar-refractivity contribution is 5.92. The zero-order chi connectivity index (χ0) is 15.8. The van der Waals surface area contributed by atoms with Crippen molar-refractivity contribution in [3.05, 3.63) is 42.6 Å². The van der Waals surface area contributed by atoms with Gasteiger partial charge < -0.3 is 9.30 Å². The minimum Gasteiger partial charge on any atom is -0.456 e. The van der Waals surface area contributed by atoms with Gasteiger partial charge in [-0.05, 0) is 31.4 Å². The Morgan fingerprint density at radius 3 is 3.09 bits per heavy atom. The molecule has 3 heterocycles. The fraction of sp³-hybridized carbons (Fsp3) is 0.375. The van der Waals surface area contributed by atoms with Gasteiger partial charge in [0.25, 0.3) is 0 Å². The topological polar surface area (TPSA) is 74.8 Å². The summed E-state index contributed by atoms with van der Waals surface area (Å²) < 4.78 is 9.41. The number of esters is 1. The van der Waals surface area contributed by atoms with Crippen LogP contribution < -0.4 is 0 Å². The van der Waals surface area contributed by atoms with E-state index in [0.717, 1.165) is 24.9 Å². The second-order valence-corrected chi connectivity index (χ2v) is 5.85. The Labute approximate surface area is 132 Å². The fourth-order valence-corrected chi connectivity index (χ4v) is 3.16. The van der Waals surface area contributed by atoms with Crippen LogP contribution in [0.3, 0.4) is 0 Å². The molecule has 1 aliphatic carbocycles. The van der Waals surface area contributed by atoms with Gasteiger partial charge in [0, 0.05) is 25.6 Å². The highest BCUT2D eigenvalue weighted by Gasteiger charge is 2.32. The number of fused-ring (bicyclic) bond motifs is 1. The zero-order valence-electron chi connectivity index (χ0n) is 12.8. The summed E-state index contributed by atoms with van der Waals surface area (Å²) >= 11 is 0. The molecule has 3 aromatic heterocycles. The van der Waals surface area contributed by atoms with E-state index in [2.05, 4.69) is 15.1 Å². The Balaban J connectivity index is 1.54. The summed E-state index contributed by atoms with van der Waals surface area (Å²) in [6, 6.07) is 3.72. The van der Waals surface area contributed by atoms with Crippen LogP contribution in [0.2, 0.25) is 0 Å². The smallest absolute Gasteiger partial charge is 0.340 e. The third-order valence-corrected chi connectivity index (χ3v) is 4.33. The number of pyridine rings is 1. The molecule has 23 heavy (non-hydrogen) atoms. The van der Waals surface area contributed by atoms with Crippen LogP contribution in [0.4, 0.5) is 0 Å². The quantitative estimate of drug-likeness (QED) is 0.693. The lowest BCUT2D eigenvalue weighted by molar-refractivity contribution is 0.0209. The van der Waals surface area contributed by atoms with E-state index in [1.807, 2.05) is 28.6 Å². The second-order valence-electron chi connectivity index (χ2n) is 5.85. The molecule has 3 aromatic rings. The number of rotatable bonds is 3. The van der Waals surface area contributed by atoms with Gasteiger partial charge in [0.15, 0.2) is 5.65 Å². The average Bonchev–Trinajstić information content (AvgIpc) is 3.28. The molecule has 0 bridgehead atoms. The molecule has 2 atom stereocenters. The van der Waals surface area contributed by atoms with Gasteiger partial charge in [0.2, 0.25) is 0 Å². The van der Waals surface area contributed by atoms with Gasteiger partial charge in [-0.25, -0.2) is 14.8 Å². The lowest BCUT2D eigenvalue weighted by atomic mass is 10.2. The lowest BCUT2D eigenvalue weighted by Crippen LogP contribution is -2.25. The van der Waals surface area contributed by atoms with Crippen LogP contribution in [0.1, 0.15) is 35.7 Å². The molecule has 1 aliphatic rings. The predicted molar refractivity (Wildman–Crippen MR) is 82.8 cm³/mol. The number of imidazole rings is 1. The predicted octanol–water partition coefficient (Wildman–Crippen LogP) is 2.12. The Morgan fingerprint density at radius 2 is 2.26 bits per heavy atom. The standard InChI is InChI=1S/C16H17N5O2/c1-20-10-18-12-8-11(9-17-15(12)20)16(22)23-14-5-2-4-13(14)21-7-3-6-19-21/h3,6-10,13-14H,2,4-5H2,1H3/t13-,14-/m1/s1. The van der Waals surface area contributed by atoms with Crippen molar-refractivity contribution in [3.63, 3.8) is 0 Å². The van der Waals surface area contributed by atoms with Gasteiger partial charge >= 0.3 is 5.97 Å². The first-order chi connectivity index (χ1) is 11.2. The molecule has 0 unspecified atom stereocenters. The van der Waals surface area contributed by atoms with Gasteiger partial charge in [-0.1, -0.05) is 0 Å². The van der Waals surface area contributed by atoms with E-state index in [-0.39, 0.29) is 18.1 Å². The van der Waals surface area contributed by atoms with Crippen LogP contribution in [-0.2, 0) is 11.8 Å². The molecule has 1 saturated carbocycles. The van der Waals surface area contributed by atoms with Gasteiger partial charge in [-0.3, -0.25) is 4.68 Å². The Bertz CT molecular complexity index is 839. The van der Waals surface area contributed by atoms with Crippen molar-refractivity contribution in [2.75, 3.05) is 0 Å². The monoisotopic (exact) mass is 311 g/mol. The number of aryl methyl sites for hydroxylation is 1. The van der Waals surface area contributed by atoms with E-state index in [1.54, 1.807) is 24.8 Å². The molecule has 0 aromatic carbocycles. The molecule has 4 rings (SSSR count). The van der Waals surface area contributed by atoms with Crippen LogP contribution in [0, 0.1) is 0 Å². The highest BCUT2D eigenvalue weighted by atomic mass is 16.5. The van der Waals surface area contributed by atoms with Crippen LogP contribution in [0.5, 0.6) is 0 Å². The maximum atomic E-state index is 12.4. The molecule has 0 saturated heterocycles. The summed E-state index contributed by atoms with van der Waals surface area (Å²) in [5.41, 5.74) is 1.87. The van der Waals surface area contributed by atoms with Crippen molar-refractivity contribution in [3.8, 4) is 0 Å². The minimum absolute atomic E-state index is 0.112. The maximum absolute atomic E-state index is 12.4. The van der Waals surface area contributed by atoms with Crippen molar-refractivity contribution >= 4 is 17.1 Å². The Morgan fingerprint density at radius 1 is 1.35 bits per heavy atom. The average molecular weight is 311 g/mol. The maximum Gasteiger partial charge on any atom is 0.340 e. The molecule has 0 N–H and O–H groups in total. The van der Waals surface area contributed by atoms with Crippen molar-refractivity contribution in [1.29, 1.82) is 0 Å². The van der Waals surface area contributed by atoms with E-state index in [4.69, 9.17) is 4.74 Å². The van der Waals surface area contributed by atoms with Crippen LogP contribution in [0.25, 0.3) is 11.2 Å². The largest absolute Gasteiger partial charge is 0.456 e. The van der Waals surface area contributed by atoms with Gasteiger partial charge in [-0.2, -0.15) is 5.10 Å². The number of nitrogens with zero attached hydrogens (tertiary/aromatic N) is 5. The summed E-state index contributed by atoms with van der Waals surface area (Å²) in [6.07, 6.45) is 9.59. The fourth-order valence-electron chi connectivity index (χ4n) is 3.16. The summed E-state index contributed by atoms with van der Waals surface area (Å²) in [5, 5.41) is 4.27. The minimum atomic E-state index is -0.353. The number of ether oxygens (including phenoxy) is 1. The zero-order valence-corrected chi connectivity index (χ0v) is 12.8. The first kappa shape index (κ1) is 13.9. The summed E-state index contributed by atoms with van der Waals surface area (Å²) in [4.78, 5) is 21.0. The van der Waals surface area contributed by atoms with E-state index >= 15 is 0 Å². The molecule has 0 amide bonds. The summed E-state index contributed by atoms with van der Waals surface area (Å²) in [7, 11) is 1.87. The number of hydrogen-bond acceptors (Lipinski definition) is 5. The Kier molecular flexibility index (Phi) is 3.33. The van der Waals surface area contributed by atoms with E-state index in [1.165, 1.54) is 0 Å². The molecule has 0 spiro atoms. The number of aromatic nitrogens is 5. The molecule has 7 heteroatoms. The molecular weight excluding hydrogens is 294 g/mol. The van der Waals surface area contributed by atoms with Gasteiger partial charge in [0.1, 0.15) is 11.6 Å². The molecule has 0 radical (unpaired) electrons. The molecule has 0 aliphatic heterocycles. The van der Waals surface area contributed by atoms with Crippen LogP contribution in [-0.4, -0.2) is 36.4 Å². The van der Waals surface area contributed by atoms with E-state index < -0.39 is 0 Å². The van der Waals surface area contributed by atoms with Crippen molar-refractivity contribution in [2.45, 2.75) is 31.4 Å². The molecule has 118 valence electrons. The molecule has 1 fully saturated rings. The van der Waals surface area contributed by atoms with Crippen molar-refractivity contribution in [1.82, 2.24) is 24.3 Å². The normalized spacial score (nSPS) is 20.9. The first-order valence-corrected chi connectivity index (χ1v) is 7.69. The summed E-state index contributed by atoms with van der Waals surface area (Å²) in [6.45, 7) is 0. The van der Waals surface area contributed by atoms with Crippen LogP contribution >= 0.6 is 0 Å². The number of carbonyl (C=O) groups is 1. The number of carbonyl (C=O) groups excluding carboxylic acids is 1. The third kappa shape index (κ3) is 2.48. The van der Waals surface area contributed by atoms with Crippen LogP contribution in [0.15, 0.2) is 37.1 Å². The van der Waals surface area contributed by atoms with Gasteiger partial charge in [-0.15, -0.1) is 0 Å². The first-order valence-electron chi connectivity index (χ1n) is 7.69. The van der Waals surface area contributed by atoms with Gasteiger partial charge in [0.05, 0.1) is 17.9 Å². The molecular formula is C16H17N5O2. The second kappa shape index (κ2) is 5.49. The van der Waals surface area contributed by atoms with Crippen molar-refractivity contribution < 1.29 is 9.53 Å². The van der Waals surface area contributed by atoms with E-state index in [0.29, 0.717) is 11.1 Å². The highest BCUT2D eigenvalue weighted by Crippen LogP contribution is 2.32. The van der Waals surface area contributed by atoms with E-state index in [9.17, 15) is 4.79 Å². The SMILES string of the molecule is Cn1cnc2cc(C(=O)O[C@@H]3CCC[C@H]3n3cccn3)cnc21. The number of hydrogen-bond donors (Lipinski definition) is 0. The lowest BCUT2D eigenvalue weighted by Gasteiger charge is -2.20. The third-order valence-electron chi connectivity index (χ3n) is 4.33. The Hall–Kier alpha value is -2.70. The summed E-state index contributed by atoms with van der Waals surface area (Å²) in [5.74, 6) is -0.353.